The molecule has 2 aliphatic heterocycles. The molecule has 2 N–H and O–H groups in total. The predicted octanol–water partition coefficient (Wildman–Crippen LogP) is 5.65. The Hall–Kier alpha value is -2.33. The highest BCUT2D eigenvalue weighted by Gasteiger charge is 2.46. The number of hydrogen-bond acceptors (Lipinski definition) is 7. The molecule has 2 heterocycles. The third kappa shape index (κ3) is 7.22. The van der Waals surface area contributed by atoms with Crippen LogP contribution in [0, 0.1) is 17.8 Å². The van der Waals surface area contributed by atoms with Gasteiger partial charge in [0.2, 0.25) is 10.0 Å². The molecule has 5 rings (SSSR count). The van der Waals surface area contributed by atoms with Gasteiger partial charge < -0.3 is 19.6 Å². The van der Waals surface area contributed by atoms with Gasteiger partial charge in [-0.15, -0.1) is 0 Å². The van der Waals surface area contributed by atoms with Gasteiger partial charge in [0, 0.05) is 29.7 Å². The van der Waals surface area contributed by atoms with Crippen LogP contribution < -0.4 is 14.4 Å². The van der Waals surface area contributed by atoms with E-state index in [0.29, 0.717) is 30.2 Å². The summed E-state index contributed by atoms with van der Waals surface area (Å²) in [5, 5.41) is 11.8. The summed E-state index contributed by atoms with van der Waals surface area (Å²) >= 11 is 6.33. The highest BCUT2D eigenvalue weighted by molar-refractivity contribution is 7.90. The van der Waals surface area contributed by atoms with E-state index >= 15 is 0 Å². The molecule has 0 saturated heterocycles. The van der Waals surface area contributed by atoms with Crippen LogP contribution in [-0.2, 0) is 23.1 Å². The average Bonchev–Trinajstić information content (AvgIpc) is 2.96. The van der Waals surface area contributed by atoms with E-state index in [1.54, 1.807) is 25.1 Å². The van der Waals surface area contributed by atoms with Gasteiger partial charge in [-0.1, -0.05) is 24.6 Å². The molecule has 0 unspecified atom stereocenters. The van der Waals surface area contributed by atoms with Crippen molar-refractivity contribution in [2.24, 2.45) is 17.8 Å². The molecule has 0 aromatic heterocycles. The van der Waals surface area contributed by atoms with Gasteiger partial charge in [0.15, 0.2) is 0 Å². The number of nitrogens with zero attached hydrogens (tertiary/aromatic N) is 2. The second-order valence-corrected chi connectivity index (χ2v) is 16.3. The molecule has 2 bridgehead atoms. The third-order valence-electron chi connectivity index (χ3n) is 10.5. The van der Waals surface area contributed by atoms with Gasteiger partial charge in [-0.2, -0.15) is 0 Å². The van der Waals surface area contributed by atoms with E-state index in [4.69, 9.17) is 16.3 Å². The second-order valence-electron chi connectivity index (χ2n) is 13.8. The monoisotopic (exact) mass is 645 g/mol. The molecule has 6 atom stereocenters. The number of rotatable bonds is 1. The van der Waals surface area contributed by atoms with E-state index in [1.165, 1.54) is 5.56 Å². The lowest BCUT2D eigenvalue weighted by molar-refractivity contribution is -0.0856. The fraction of sp³-hybridized carbons (Fsp3) is 0.618. The summed E-state index contributed by atoms with van der Waals surface area (Å²) in [6.07, 6.45) is 5.89. The summed E-state index contributed by atoms with van der Waals surface area (Å²) in [5.41, 5.74) is 2.40. The summed E-state index contributed by atoms with van der Waals surface area (Å²) in [4.78, 5) is 17.9. The zero-order valence-electron chi connectivity index (χ0n) is 26.7. The van der Waals surface area contributed by atoms with Crippen LogP contribution >= 0.6 is 11.6 Å². The van der Waals surface area contributed by atoms with Crippen LogP contribution in [0.1, 0.15) is 80.8 Å². The Labute approximate surface area is 268 Å². The van der Waals surface area contributed by atoms with Gasteiger partial charge in [0.05, 0.1) is 16.5 Å². The fourth-order valence-electron chi connectivity index (χ4n) is 7.28. The zero-order chi connectivity index (χ0) is 31.8. The number of anilines is 1. The molecular formula is C34H48ClN3O5S. The number of hydrogen-bond donors (Lipinski definition) is 2. The van der Waals surface area contributed by atoms with Gasteiger partial charge in [-0.3, -0.25) is 4.79 Å². The maximum absolute atomic E-state index is 13.5. The second kappa shape index (κ2) is 13.2. The van der Waals surface area contributed by atoms with Crippen LogP contribution in [0.15, 0.2) is 36.4 Å². The van der Waals surface area contributed by atoms with Crippen molar-refractivity contribution in [2.45, 2.75) is 89.2 Å². The Morgan fingerprint density at radius 3 is 2.57 bits per heavy atom. The number of fused-ring (bicyclic) bond motifs is 3. The molecule has 1 amide bonds. The summed E-state index contributed by atoms with van der Waals surface area (Å²) in [5.74, 6) is 0.175. The molecule has 2 aromatic carbocycles. The maximum atomic E-state index is 13.5. The standard InChI is InChI=1S/C34H48ClN3O5S/c1-22-16-29(37(4)5)19-34(3,40)30-13-10-26(30)20-38-15-7-6-8-24-17-28(35)12-9-27(24)21-43-32-14-11-25(18-31(32)38)33(39)36-44(41,42)23(22)2/h9,11-12,14,17-18,22-23,26,29-30,40H,6-8,10,13,15-16,19-21H2,1-5H3,(H,36,39)/t22-,23+,26-,29+,30+,34-/m0/s1. The molecule has 3 aliphatic rings. The Balaban J connectivity index is 1.56. The Kier molecular flexibility index (Phi) is 9.90. The number of nitrogens with one attached hydrogen (secondary N) is 1. The first-order chi connectivity index (χ1) is 20.7. The largest absolute Gasteiger partial charge is 0.487 e. The summed E-state index contributed by atoms with van der Waals surface area (Å²) in [6.45, 7) is 7.35. The molecule has 1 saturated carbocycles. The Morgan fingerprint density at radius 1 is 1.09 bits per heavy atom. The number of carbonyl (C=O) groups excluding carboxylic acids is 1. The number of halogens is 1. The smallest absolute Gasteiger partial charge is 0.264 e. The molecule has 10 heteroatoms. The minimum absolute atomic E-state index is 0.0110. The molecule has 8 nitrogen and oxygen atoms in total. The quantitative estimate of drug-likeness (QED) is 0.414. The van der Waals surface area contributed by atoms with Crippen LogP contribution in [0.3, 0.4) is 0 Å². The first-order valence-electron chi connectivity index (χ1n) is 16.0. The van der Waals surface area contributed by atoms with Crippen molar-refractivity contribution in [3.63, 3.8) is 0 Å². The lowest BCUT2D eigenvalue weighted by Gasteiger charge is -2.49. The Morgan fingerprint density at radius 2 is 1.86 bits per heavy atom. The summed E-state index contributed by atoms with van der Waals surface area (Å²) in [7, 11) is 0.0130. The lowest BCUT2D eigenvalue weighted by atomic mass is 9.63. The topological polar surface area (TPSA) is 99.2 Å². The van der Waals surface area contributed by atoms with Crippen LogP contribution in [0.4, 0.5) is 5.69 Å². The minimum Gasteiger partial charge on any atom is -0.487 e. The van der Waals surface area contributed by atoms with Gasteiger partial charge in [0.25, 0.3) is 5.91 Å². The van der Waals surface area contributed by atoms with Gasteiger partial charge in [0.1, 0.15) is 12.4 Å². The van der Waals surface area contributed by atoms with Crippen LogP contribution in [0.2, 0.25) is 5.02 Å². The fourth-order valence-corrected chi connectivity index (χ4v) is 8.76. The van der Waals surface area contributed by atoms with Crippen LogP contribution in [-0.4, -0.2) is 68.4 Å². The molecule has 242 valence electrons. The minimum atomic E-state index is -3.96. The SMILES string of the molecule is C[C@@H]1[C@@H](C)C[C@@H](N(C)C)C[C@](C)(O)[C@@H]2CC[C@H]2CN2CCCCc3cc(Cl)ccc3COc3ccc(cc32)C(=O)NS1(=O)=O. The van der Waals surface area contributed by atoms with Crippen molar-refractivity contribution in [2.75, 3.05) is 32.1 Å². The van der Waals surface area contributed by atoms with E-state index < -0.39 is 26.8 Å². The predicted molar refractivity (Wildman–Crippen MR) is 176 cm³/mol. The first kappa shape index (κ1) is 33.0. The van der Waals surface area contributed by atoms with Gasteiger partial charge in [-0.25, -0.2) is 13.1 Å². The van der Waals surface area contributed by atoms with Crippen molar-refractivity contribution < 1.29 is 23.1 Å². The number of ether oxygens (including phenoxy) is 1. The number of benzene rings is 2. The van der Waals surface area contributed by atoms with Crippen molar-refractivity contribution in [1.29, 1.82) is 0 Å². The van der Waals surface area contributed by atoms with E-state index in [1.807, 2.05) is 46.1 Å². The van der Waals surface area contributed by atoms with Crippen molar-refractivity contribution in [3.8, 4) is 5.75 Å². The number of amides is 1. The zero-order valence-corrected chi connectivity index (χ0v) is 28.3. The molecule has 44 heavy (non-hydrogen) atoms. The van der Waals surface area contributed by atoms with E-state index in [2.05, 4.69) is 14.5 Å². The molecular weight excluding hydrogens is 598 g/mol. The van der Waals surface area contributed by atoms with Crippen molar-refractivity contribution in [3.05, 3.63) is 58.1 Å². The van der Waals surface area contributed by atoms with Crippen LogP contribution in [0.25, 0.3) is 0 Å². The normalized spacial score (nSPS) is 31.4. The first-order valence-corrected chi connectivity index (χ1v) is 17.9. The van der Waals surface area contributed by atoms with Gasteiger partial charge in [-0.05, 0) is 132 Å². The molecule has 2 aromatic rings. The number of sulfonamides is 1. The lowest BCUT2D eigenvalue weighted by Crippen LogP contribution is -2.52. The highest BCUT2D eigenvalue weighted by Crippen LogP contribution is 2.46. The van der Waals surface area contributed by atoms with E-state index in [9.17, 15) is 18.3 Å². The molecule has 1 aliphatic carbocycles. The van der Waals surface area contributed by atoms with Crippen molar-refractivity contribution >= 4 is 33.2 Å². The average molecular weight is 646 g/mol. The van der Waals surface area contributed by atoms with Gasteiger partial charge >= 0.3 is 0 Å². The van der Waals surface area contributed by atoms with Crippen LogP contribution in [0.5, 0.6) is 5.75 Å². The van der Waals surface area contributed by atoms with Crippen molar-refractivity contribution in [1.82, 2.24) is 9.62 Å². The maximum Gasteiger partial charge on any atom is 0.264 e. The third-order valence-corrected chi connectivity index (χ3v) is 12.6. The Bertz CT molecular complexity index is 1460. The van der Waals surface area contributed by atoms with E-state index in [-0.39, 0.29) is 29.4 Å². The number of aliphatic hydroxyl groups is 1. The summed E-state index contributed by atoms with van der Waals surface area (Å²) < 4.78 is 35.7. The number of carbonyl (C=O) groups is 1. The van der Waals surface area contributed by atoms with E-state index in [0.717, 1.165) is 56.4 Å². The molecule has 0 spiro atoms. The highest BCUT2D eigenvalue weighted by atomic mass is 35.5. The molecule has 1 fully saturated rings. The number of aryl methyl sites for hydroxylation is 1. The summed E-state index contributed by atoms with van der Waals surface area (Å²) in [6, 6.07) is 11.1. The molecule has 0 radical (unpaired) electrons.